The maximum atomic E-state index is 11.3. The standard InChI is InChI=1S/C15H12ClNO2/c1-10(18)11-6-7-13(16)14(8-11)17-9-12-4-2-3-5-15(12)19/h2-9,19H,1H3. The second kappa shape index (κ2) is 5.67. The molecule has 2 aromatic rings. The summed E-state index contributed by atoms with van der Waals surface area (Å²) in [5, 5.41) is 10.1. The van der Waals surface area contributed by atoms with Gasteiger partial charge in [-0.3, -0.25) is 9.79 Å². The largest absolute Gasteiger partial charge is 0.507 e. The Bertz CT molecular complexity index is 650. The highest BCUT2D eigenvalue weighted by Crippen LogP contribution is 2.26. The van der Waals surface area contributed by atoms with E-state index < -0.39 is 0 Å². The molecule has 96 valence electrons. The van der Waals surface area contributed by atoms with Gasteiger partial charge in [0.2, 0.25) is 0 Å². The van der Waals surface area contributed by atoms with Gasteiger partial charge in [0.25, 0.3) is 0 Å². The number of phenolic OH excluding ortho intramolecular Hbond substituents is 1. The Hall–Kier alpha value is -2.13. The van der Waals surface area contributed by atoms with E-state index in [1.54, 1.807) is 42.5 Å². The van der Waals surface area contributed by atoms with Gasteiger partial charge in [-0.2, -0.15) is 0 Å². The Kier molecular flexibility index (Phi) is 3.97. The third kappa shape index (κ3) is 3.20. The number of hydrogen-bond acceptors (Lipinski definition) is 3. The molecule has 0 bridgehead atoms. The van der Waals surface area contributed by atoms with Crippen molar-refractivity contribution in [3.8, 4) is 5.75 Å². The molecule has 4 heteroatoms. The Labute approximate surface area is 116 Å². The van der Waals surface area contributed by atoms with Gasteiger partial charge in [0, 0.05) is 17.3 Å². The normalized spacial score (nSPS) is 10.8. The molecule has 0 fully saturated rings. The van der Waals surface area contributed by atoms with Crippen LogP contribution >= 0.6 is 11.6 Å². The molecule has 0 aliphatic rings. The van der Waals surface area contributed by atoms with Crippen LogP contribution in [0.4, 0.5) is 5.69 Å². The summed E-state index contributed by atoms with van der Waals surface area (Å²) >= 11 is 6.02. The quantitative estimate of drug-likeness (QED) is 0.679. The molecule has 0 aromatic heterocycles. The van der Waals surface area contributed by atoms with Crippen LogP contribution in [-0.2, 0) is 0 Å². The lowest BCUT2D eigenvalue weighted by Crippen LogP contribution is -1.90. The summed E-state index contributed by atoms with van der Waals surface area (Å²) in [6.07, 6.45) is 1.51. The van der Waals surface area contributed by atoms with Crippen LogP contribution < -0.4 is 0 Å². The molecule has 0 amide bonds. The van der Waals surface area contributed by atoms with Gasteiger partial charge >= 0.3 is 0 Å². The van der Waals surface area contributed by atoms with Gasteiger partial charge in [-0.25, -0.2) is 0 Å². The zero-order chi connectivity index (χ0) is 13.8. The number of carbonyl (C=O) groups is 1. The fraction of sp³-hybridized carbons (Fsp3) is 0.0667. The van der Waals surface area contributed by atoms with Crippen molar-refractivity contribution >= 4 is 29.3 Å². The van der Waals surface area contributed by atoms with E-state index in [9.17, 15) is 9.90 Å². The van der Waals surface area contributed by atoms with E-state index in [1.807, 2.05) is 0 Å². The lowest BCUT2D eigenvalue weighted by molar-refractivity contribution is 0.101. The first kappa shape index (κ1) is 13.3. The number of carbonyl (C=O) groups excluding carboxylic acids is 1. The second-order valence-corrected chi connectivity index (χ2v) is 4.45. The summed E-state index contributed by atoms with van der Waals surface area (Å²) in [5.41, 5.74) is 1.64. The number of halogens is 1. The molecule has 0 aliphatic heterocycles. The molecular weight excluding hydrogens is 262 g/mol. The number of Topliss-reactive ketones (excluding diaryl/α,β-unsaturated/α-hetero) is 1. The molecule has 0 saturated heterocycles. The Morgan fingerprint density at radius 1 is 1.26 bits per heavy atom. The average molecular weight is 274 g/mol. The van der Waals surface area contributed by atoms with Crippen LogP contribution in [-0.4, -0.2) is 17.1 Å². The van der Waals surface area contributed by atoms with Crippen LogP contribution in [0.2, 0.25) is 5.02 Å². The van der Waals surface area contributed by atoms with Gasteiger partial charge < -0.3 is 5.11 Å². The van der Waals surface area contributed by atoms with Crippen molar-refractivity contribution in [3.63, 3.8) is 0 Å². The lowest BCUT2D eigenvalue weighted by atomic mass is 10.1. The van der Waals surface area contributed by atoms with Crippen LogP contribution in [0.5, 0.6) is 5.75 Å². The predicted molar refractivity (Wildman–Crippen MR) is 76.8 cm³/mol. The summed E-state index contributed by atoms with van der Waals surface area (Å²) in [4.78, 5) is 15.5. The van der Waals surface area contributed by atoms with Crippen molar-refractivity contribution in [2.45, 2.75) is 6.92 Å². The topological polar surface area (TPSA) is 49.7 Å². The SMILES string of the molecule is CC(=O)c1ccc(Cl)c(N=Cc2ccccc2O)c1. The minimum absolute atomic E-state index is 0.0457. The number of ketones is 1. The molecule has 1 N–H and O–H groups in total. The fourth-order valence-electron chi connectivity index (χ4n) is 1.57. The van der Waals surface area contributed by atoms with Crippen molar-refractivity contribution in [1.82, 2.24) is 0 Å². The first-order valence-corrected chi connectivity index (χ1v) is 6.08. The molecule has 2 rings (SSSR count). The summed E-state index contributed by atoms with van der Waals surface area (Å²) in [5.74, 6) is 0.0979. The second-order valence-electron chi connectivity index (χ2n) is 4.04. The molecule has 0 saturated carbocycles. The zero-order valence-corrected chi connectivity index (χ0v) is 11.1. The summed E-state index contributed by atoms with van der Waals surface area (Å²) in [7, 11) is 0. The van der Waals surface area contributed by atoms with E-state index in [0.29, 0.717) is 21.8 Å². The number of benzene rings is 2. The maximum Gasteiger partial charge on any atom is 0.159 e. The van der Waals surface area contributed by atoms with Gasteiger partial charge in [0.05, 0.1) is 10.7 Å². The molecule has 0 atom stereocenters. The summed E-state index contributed by atoms with van der Waals surface area (Å²) in [6.45, 7) is 1.49. The Balaban J connectivity index is 2.35. The minimum atomic E-state index is -0.0457. The van der Waals surface area contributed by atoms with Gasteiger partial charge in [-0.1, -0.05) is 23.7 Å². The molecule has 19 heavy (non-hydrogen) atoms. The van der Waals surface area contributed by atoms with Crippen LogP contribution in [0.15, 0.2) is 47.5 Å². The summed E-state index contributed by atoms with van der Waals surface area (Å²) in [6, 6.07) is 11.8. The molecule has 0 heterocycles. The summed E-state index contributed by atoms with van der Waals surface area (Å²) < 4.78 is 0. The van der Waals surface area contributed by atoms with E-state index in [1.165, 1.54) is 13.1 Å². The molecule has 2 aromatic carbocycles. The monoisotopic (exact) mass is 273 g/mol. The molecular formula is C15H12ClNO2. The van der Waals surface area contributed by atoms with Crippen molar-refractivity contribution < 1.29 is 9.90 Å². The van der Waals surface area contributed by atoms with Crippen molar-refractivity contribution in [2.24, 2.45) is 4.99 Å². The van der Waals surface area contributed by atoms with E-state index in [0.717, 1.165) is 0 Å². The number of aromatic hydroxyl groups is 1. The number of rotatable bonds is 3. The molecule has 0 radical (unpaired) electrons. The van der Waals surface area contributed by atoms with E-state index in [2.05, 4.69) is 4.99 Å². The minimum Gasteiger partial charge on any atom is -0.507 e. The molecule has 0 aliphatic carbocycles. The Morgan fingerprint density at radius 3 is 2.68 bits per heavy atom. The van der Waals surface area contributed by atoms with E-state index in [-0.39, 0.29) is 11.5 Å². The maximum absolute atomic E-state index is 11.3. The highest BCUT2D eigenvalue weighted by molar-refractivity contribution is 6.33. The molecule has 0 spiro atoms. The smallest absolute Gasteiger partial charge is 0.159 e. The first-order chi connectivity index (χ1) is 9.08. The average Bonchev–Trinajstić information content (AvgIpc) is 2.39. The molecule has 3 nitrogen and oxygen atoms in total. The fourth-order valence-corrected chi connectivity index (χ4v) is 1.73. The van der Waals surface area contributed by atoms with Crippen LogP contribution in [0.25, 0.3) is 0 Å². The highest BCUT2D eigenvalue weighted by Gasteiger charge is 2.04. The number of hydrogen-bond donors (Lipinski definition) is 1. The van der Waals surface area contributed by atoms with Crippen LogP contribution in [0, 0.1) is 0 Å². The third-order valence-electron chi connectivity index (χ3n) is 2.63. The van der Waals surface area contributed by atoms with Crippen LogP contribution in [0.1, 0.15) is 22.8 Å². The van der Waals surface area contributed by atoms with Crippen molar-refractivity contribution in [3.05, 3.63) is 58.6 Å². The third-order valence-corrected chi connectivity index (χ3v) is 2.95. The zero-order valence-electron chi connectivity index (χ0n) is 10.3. The lowest BCUT2D eigenvalue weighted by Gasteiger charge is -2.01. The number of para-hydroxylation sites is 1. The first-order valence-electron chi connectivity index (χ1n) is 5.70. The van der Waals surface area contributed by atoms with Crippen molar-refractivity contribution in [2.75, 3.05) is 0 Å². The highest BCUT2D eigenvalue weighted by atomic mass is 35.5. The van der Waals surface area contributed by atoms with Gasteiger partial charge in [0.1, 0.15) is 5.75 Å². The predicted octanol–water partition coefficient (Wildman–Crippen LogP) is 4.00. The molecule has 0 unspecified atom stereocenters. The van der Waals surface area contributed by atoms with Crippen molar-refractivity contribution in [1.29, 1.82) is 0 Å². The van der Waals surface area contributed by atoms with E-state index in [4.69, 9.17) is 11.6 Å². The van der Waals surface area contributed by atoms with Gasteiger partial charge in [-0.05, 0) is 37.3 Å². The Morgan fingerprint density at radius 2 is 2.00 bits per heavy atom. The number of nitrogens with zero attached hydrogens (tertiary/aromatic N) is 1. The number of phenols is 1. The number of aliphatic imine (C=N–C) groups is 1. The van der Waals surface area contributed by atoms with E-state index >= 15 is 0 Å². The van der Waals surface area contributed by atoms with Crippen LogP contribution in [0.3, 0.4) is 0 Å². The van der Waals surface area contributed by atoms with Gasteiger partial charge in [-0.15, -0.1) is 0 Å². The van der Waals surface area contributed by atoms with Gasteiger partial charge in [0.15, 0.2) is 5.78 Å².